The number of hydrogen-bond acceptors (Lipinski definition) is 3. The summed E-state index contributed by atoms with van der Waals surface area (Å²) >= 11 is 0. The van der Waals surface area contributed by atoms with Gasteiger partial charge in [0.15, 0.2) is 0 Å². The normalized spacial score (nSPS) is 15.0. The van der Waals surface area contributed by atoms with E-state index in [0.717, 1.165) is 29.7 Å². The average molecular weight is 333 g/mol. The molecule has 1 aromatic carbocycles. The van der Waals surface area contributed by atoms with Crippen LogP contribution in [0.1, 0.15) is 58.6 Å². The number of benzene rings is 1. The van der Waals surface area contributed by atoms with Crippen molar-refractivity contribution in [1.29, 1.82) is 0 Å². The summed E-state index contributed by atoms with van der Waals surface area (Å²) in [5.74, 6) is -0.812. The van der Waals surface area contributed by atoms with Gasteiger partial charge in [0.1, 0.15) is 5.60 Å². The summed E-state index contributed by atoms with van der Waals surface area (Å²) < 4.78 is 5.49. The van der Waals surface area contributed by atoms with Crippen LogP contribution in [0.3, 0.4) is 0 Å². The maximum atomic E-state index is 12.4. The molecule has 5 heteroatoms. The molecule has 2 rings (SSSR count). The number of carboxylic acid groups (broad SMARTS) is 1. The summed E-state index contributed by atoms with van der Waals surface area (Å²) in [6.07, 6.45) is 1.49. The molecule has 1 amide bonds. The number of fused-ring (bicyclic) bond motifs is 1. The fraction of sp³-hybridized carbons (Fsp3) is 0.579. The van der Waals surface area contributed by atoms with Crippen LogP contribution in [0.25, 0.3) is 0 Å². The van der Waals surface area contributed by atoms with Gasteiger partial charge in [0.05, 0.1) is 12.1 Å². The predicted molar refractivity (Wildman–Crippen MR) is 93.6 cm³/mol. The molecular formula is C19H27NO4. The van der Waals surface area contributed by atoms with Gasteiger partial charge in [0, 0.05) is 12.0 Å². The minimum atomic E-state index is -0.812. The second-order valence-corrected chi connectivity index (χ2v) is 8.03. The van der Waals surface area contributed by atoms with E-state index in [1.54, 1.807) is 4.90 Å². The molecule has 1 aromatic rings. The third kappa shape index (κ3) is 4.28. The summed E-state index contributed by atoms with van der Waals surface area (Å²) in [6, 6.07) is 5.87. The minimum absolute atomic E-state index is 0.0710. The Balaban J connectivity index is 2.30. The van der Waals surface area contributed by atoms with Crippen molar-refractivity contribution >= 4 is 17.7 Å². The van der Waals surface area contributed by atoms with Crippen molar-refractivity contribution in [2.45, 2.75) is 64.9 Å². The zero-order valence-electron chi connectivity index (χ0n) is 15.2. The van der Waals surface area contributed by atoms with E-state index < -0.39 is 17.0 Å². The van der Waals surface area contributed by atoms with Gasteiger partial charge < -0.3 is 9.84 Å². The lowest BCUT2D eigenvalue weighted by Gasteiger charge is -2.33. The van der Waals surface area contributed by atoms with Gasteiger partial charge in [0.2, 0.25) is 0 Å². The van der Waals surface area contributed by atoms with E-state index in [1.165, 1.54) is 0 Å². The standard InChI is InChI=1S/C19H27NO4/c1-18(2,3)24-17(23)20-10-6-7-13-11-14(8-9-15(13)20)19(4,5)12-16(21)22/h8-9,11H,6-7,10,12H2,1-5H3,(H,21,22). The fourth-order valence-corrected chi connectivity index (χ4v) is 3.00. The third-order valence-corrected chi connectivity index (χ3v) is 4.19. The van der Waals surface area contributed by atoms with Gasteiger partial charge in [0.25, 0.3) is 0 Å². The number of carboxylic acids is 1. The molecule has 0 aromatic heterocycles. The molecule has 0 saturated carbocycles. The molecule has 0 unspecified atom stereocenters. The number of carbonyl (C=O) groups is 2. The first-order valence-corrected chi connectivity index (χ1v) is 8.35. The third-order valence-electron chi connectivity index (χ3n) is 4.19. The Morgan fingerprint density at radius 3 is 2.46 bits per heavy atom. The van der Waals surface area contributed by atoms with Gasteiger partial charge in [-0.2, -0.15) is 0 Å². The number of rotatable bonds is 3. The summed E-state index contributed by atoms with van der Waals surface area (Å²) in [5.41, 5.74) is 1.94. The Morgan fingerprint density at radius 1 is 1.21 bits per heavy atom. The number of aliphatic carboxylic acids is 1. The van der Waals surface area contributed by atoms with Gasteiger partial charge in [-0.25, -0.2) is 4.79 Å². The first kappa shape index (κ1) is 18.3. The molecule has 1 heterocycles. The largest absolute Gasteiger partial charge is 0.481 e. The number of anilines is 1. The van der Waals surface area contributed by atoms with Crippen molar-refractivity contribution in [2.75, 3.05) is 11.4 Å². The van der Waals surface area contributed by atoms with Gasteiger partial charge in [-0.1, -0.05) is 26.0 Å². The summed E-state index contributed by atoms with van der Waals surface area (Å²) in [7, 11) is 0. The van der Waals surface area contributed by atoms with E-state index in [1.807, 2.05) is 52.8 Å². The quantitative estimate of drug-likeness (QED) is 0.903. The number of aryl methyl sites for hydroxylation is 1. The van der Waals surface area contributed by atoms with E-state index in [-0.39, 0.29) is 12.5 Å². The Labute approximate surface area is 143 Å². The monoisotopic (exact) mass is 333 g/mol. The molecule has 0 spiro atoms. The minimum Gasteiger partial charge on any atom is -0.481 e. The van der Waals surface area contributed by atoms with Crippen molar-refractivity contribution in [3.63, 3.8) is 0 Å². The lowest BCUT2D eigenvalue weighted by Crippen LogP contribution is -2.40. The first-order chi connectivity index (χ1) is 11.0. The second-order valence-electron chi connectivity index (χ2n) is 8.03. The van der Waals surface area contributed by atoms with E-state index in [2.05, 4.69) is 0 Å². The molecular weight excluding hydrogens is 306 g/mol. The Bertz CT molecular complexity index is 643. The van der Waals surface area contributed by atoms with Crippen LogP contribution >= 0.6 is 0 Å². The zero-order valence-corrected chi connectivity index (χ0v) is 15.2. The van der Waals surface area contributed by atoms with Crippen LogP contribution in [0.4, 0.5) is 10.5 Å². The topological polar surface area (TPSA) is 66.8 Å². The second kappa shape index (κ2) is 6.46. The lowest BCUT2D eigenvalue weighted by atomic mass is 9.80. The molecule has 1 N–H and O–H groups in total. The molecule has 5 nitrogen and oxygen atoms in total. The van der Waals surface area contributed by atoms with Crippen molar-refractivity contribution in [1.82, 2.24) is 0 Å². The number of carbonyl (C=O) groups excluding carboxylic acids is 1. The Kier molecular flexibility index (Phi) is 4.92. The maximum absolute atomic E-state index is 12.4. The Morgan fingerprint density at radius 2 is 1.88 bits per heavy atom. The number of hydrogen-bond donors (Lipinski definition) is 1. The molecule has 0 saturated heterocycles. The molecule has 1 aliphatic heterocycles. The SMILES string of the molecule is CC(C)(C)OC(=O)N1CCCc2cc(C(C)(C)CC(=O)O)ccc21. The van der Waals surface area contributed by atoms with Crippen LogP contribution in [0.2, 0.25) is 0 Å². The smallest absolute Gasteiger partial charge is 0.414 e. The zero-order chi connectivity index (χ0) is 18.1. The highest BCUT2D eigenvalue weighted by Crippen LogP contribution is 2.34. The Hall–Kier alpha value is -2.04. The van der Waals surface area contributed by atoms with Crippen LogP contribution in [-0.4, -0.2) is 29.3 Å². The molecule has 0 atom stereocenters. The van der Waals surface area contributed by atoms with Crippen LogP contribution in [0.15, 0.2) is 18.2 Å². The molecule has 0 aliphatic carbocycles. The molecule has 0 bridgehead atoms. The van der Waals surface area contributed by atoms with E-state index in [9.17, 15) is 9.59 Å². The number of amides is 1. The first-order valence-electron chi connectivity index (χ1n) is 8.35. The van der Waals surface area contributed by atoms with E-state index in [0.29, 0.717) is 6.54 Å². The van der Waals surface area contributed by atoms with Gasteiger partial charge in [-0.3, -0.25) is 9.69 Å². The van der Waals surface area contributed by atoms with Gasteiger partial charge in [-0.15, -0.1) is 0 Å². The summed E-state index contributed by atoms with van der Waals surface area (Å²) in [4.78, 5) is 25.2. The highest BCUT2D eigenvalue weighted by Gasteiger charge is 2.30. The molecule has 24 heavy (non-hydrogen) atoms. The van der Waals surface area contributed by atoms with Crippen molar-refractivity contribution in [3.05, 3.63) is 29.3 Å². The fourth-order valence-electron chi connectivity index (χ4n) is 3.00. The number of nitrogens with zero attached hydrogens (tertiary/aromatic N) is 1. The van der Waals surface area contributed by atoms with Crippen molar-refractivity contribution in [3.8, 4) is 0 Å². The van der Waals surface area contributed by atoms with E-state index >= 15 is 0 Å². The molecule has 0 fully saturated rings. The highest BCUT2D eigenvalue weighted by molar-refractivity contribution is 5.89. The van der Waals surface area contributed by atoms with Gasteiger partial charge in [-0.05, 0) is 50.8 Å². The van der Waals surface area contributed by atoms with Gasteiger partial charge >= 0.3 is 12.1 Å². The molecule has 1 aliphatic rings. The number of ether oxygens (including phenoxy) is 1. The van der Waals surface area contributed by atoms with Crippen LogP contribution in [0, 0.1) is 0 Å². The van der Waals surface area contributed by atoms with Crippen LogP contribution in [-0.2, 0) is 21.4 Å². The maximum Gasteiger partial charge on any atom is 0.414 e. The van der Waals surface area contributed by atoms with Crippen molar-refractivity contribution < 1.29 is 19.4 Å². The van der Waals surface area contributed by atoms with Crippen molar-refractivity contribution in [2.24, 2.45) is 0 Å². The molecule has 0 radical (unpaired) electrons. The van der Waals surface area contributed by atoms with Crippen LogP contribution in [0.5, 0.6) is 0 Å². The molecule has 132 valence electrons. The van der Waals surface area contributed by atoms with Crippen LogP contribution < -0.4 is 4.90 Å². The van der Waals surface area contributed by atoms with E-state index in [4.69, 9.17) is 9.84 Å². The summed E-state index contributed by atoms with van der Waals surface area (Å²) in [5, 5.41) is 9.10. The lowest BCUT2D eigenvalue weighted by molar-refractivity contribution is -0.138. The predicted octanol–water partition coefficient (Wildman–Crippen LogP) is 4.13. The average Bonchev–Trinajstić information content (AvgIpc) is 2.42. The highest BCUT2D eigenvalue weighted by atomic mass is 16.6. The summed E-state index contributed by atoms with van der Waals surface area (Å²) in [6.45, 7) is 10.1.